The minimum absolute atomic E-state index is 0.131. The number of rotatable bonds is 2. The van der Waals surface area contributed by atoms with Gasteiger partial charge in [-0.2, -0.15) is 8.42 Å². The molecule has 0 aliphatic carbocycles. The highest BCUT2D eigenvalue weighted by atomic mass is 32.2. The Morgan fingerprint density at radius 2 is 1.79 bits per heavy atom. The molecule has 6 nitrogen and oxygen atoms in total. The van der Waals surface area contributed by atoms with E-state index < -0.39 is 10.0 Å². The molecule has 0 radical (unpaired) electrons. The van der Waals surface area contributed by atoms with Gasteiger partial charge in [0.1, 0.15) is 5.84 Å². The molecule has 4 N–H and O–H groups in total. The lowest BCUT2D eigenvalue weighted by atomic mass is 10.2. The summed E-state index contributed by atoms with van der Waals surface area (Å²) in [5, 5.41) is 1.43. The molecule has 19 heavy (non-hydrogen) atoms. The Morgan fingerprint density at radius 3 is 2.47 bits per heavy atom. The van der Waals surface area contributed by atoms with Crippen LogP contribution in [-0.2, 0) is 10.0 Å². The quantitative estimate of drug-likeness (QED) is 0.625. The summed E-state index contributed by atoms with van der Waals surface area (Å²) in [4.78, 5) is 0.131. The molecule has 2 rings (SSSR count). The van der Waals surface area contributed by atoms with E-state index in [2.05, 4.69) is 4.40 Å². The number of benzene rings is 1. The predicted octanol–water partition coefficient (Wildman–Crippen LogP) is 1.11. The van der Waals surface area contributed by atoms with Crippen LogP contribution in [-0.4, -0.2) is 25.8 Å². The Kier molecular flexibility index (Phi) is 4.06. The van der Waals surface area contributed by atoms with Crippen LogP contribution in [0, 0.1) is 0 Å². The van der Waals surface area contributed by atoms with Crippen molar-refractivity contribution >= 4 is 21.5 Å². The summed E-state index contributed by atoms with van der Waals surface area (Å²) >= 11 is 0. The Balaban J connectivity index is 2.31. The normalized spacial score (nSPS) is 19.4. The molecule has 1 fully saturated rings. The van der Waals surface area contributed by atoms with E-state index in [4.69, 9.17) is 11.6 Å². The largest absolute Gasteiger partial charge is 0.399 e. The SMILES string of the molecule is Nc1ccc(S(=O)(=O)N=C2CCCCCN2N)cc1. The van der Waals surface area contributed by atoms with Gasteiger partial charge >= 0.3 is 0 Å². The smallest absolute Gasteiger partial charge is 0.283 e. The molecule has 0 bridgehead atoms. The second-order valence-corrected chi connectivity index (χ2v) is 6.16. The number of nitrogens with zero attached hydrogens (tertiary/aromatic N) is 2. The maximum absolute atomic E-state index is 12.2. The van der Waals surface area contributed by atoms with Gasteiger partial charge in [0.15, 0.2) is 0 Å². The summed E-state index contributed by atoms with van der Waals surface area (Å²) in [7, 11) is -3.72. The number of hydrazine groups is 1. The fourth-order valence-electron chi connectivity index (χ4n) is 1.94. The van der Waals surface area contributed by atoms with Gasteiger partial charge in [0.05, 0.1) is 4.90 Å². The van der Waals surface area contributed by atoms with Gasteiger partial charge in [-0.15, -0.1) is 4.40 Å². The zero-order valence-corrected chi connectivity index (χ0v) is 11.4. The van der Waals surface area contributed by atoms with Crippen molar-refractivity contribution < 1.29 is 8.42 Å². The van der Waals surface area contributed by atoms with Gasteiger partial charge in [-0.25, -0.2) is 5.84 Å². The van der Waals surface area contributed by atoms with Gasteiger partial charge in [-0.05, 0) is 37.1 Å². The minimum Gasteiger partial charge on any atom is -0.399 e. The van der Waals surface area contributed by atoms with E-state index in [1.807, 2.05) is 0 Å². The molecule has 0 atom stereocenters. The van der Waals surface area contributed by atoms with Crippen LogP contribution in [0.2, 0.25) is 0 Å². The number of sulfonamides is 1. The summed E-state index contributed by atoms with van der Waals surface area (Å²) in [6.45, 7) is 0.635. The molecule has 0 saturated carbocycles. The van der Waals surface area contributed by atoms with Crippen LogP contribution in [0.25, 0.3) is 0 Å². The van der Waals surface area contributed by atoms with Crippen molar-refractivity contribution in [1.29, 1.82) is 0 Å². The third-order valence-corrected chi connectivity index (χ3v) is 4.35. The zero-order valence-electron chi connectivity index (χ0n) is 10.6. The summed E-state index contributed by atoms with van der Waals surface area (Å²) < 4.78 is 28.2. The third kappa shape index (κ3) is 3.45. The van der Waals surface area contributed by atoms with Crippen LogP contribution in [0.1, 0.15) is 25.7 Å². The first-order valence-electron chi connectivity index (χ1n) is 6.21. The Hall–Kier alpha value is -1.60. The van der Waals surface area contributed by atoms with E-state index in [0.717, 1.165) is 19.3 Å². The first-order valence-corrected chi connectivity index (χ1v) is 7.65. The lowest BCUT2D eigenvalue weighted by Gasteiger charge is -2.17. The van der Waals surface area contributed by atoms with Crippen molar-refractivity contribution in [3.63, 3.8) is 0 Å². The maximum Gasteiger partial charge on any atom is 0.283 e. The van der Waals surface area contributed by atoms with Gasteiger partial charge in [0, 0.05) is 18.7 Å². The van der Waals surface area contributed by atoms with Crippen LogP contribution in [0.4, 0.5) is 5.69 Å². The summed E-state index contributed by atoms with van der Waals surface area (Å²) in [5.74, 6) is 6.23. The molecule has 0 amide bonds. The topological polar surface area (TPSA) is 102 Å². The fourth-order valence-corrected chi connectivity index (χ4v) is 3.00. The first kappa shape index (κ1) is 13.8. The predicted molar refractivity (Wildman–Crippen MR) is 74.8 cm³/mol. The second-order valence-electron chi connectivity index (χ2n) is 4.56. The molecule has 1 aromatic rings. The molecule has 0 unspecified atom stereocenters. The molecular formula is C12H18N4O2S. The highest BCUT2D eigenvalue weighted by Crippen LogP contribution is 2.17. The number of nitrogens with two attached hydrogens (primary N) is 2. The zero-order chi connectivity index (χ0) is 13.9. The van der Waals surface area contributed by atoms with Crippen molar-refractivity contribution in [2.45, 2.75) is 30.6 Å². The molecule has 0 aromatic heterocycles. The van der Waals surface area contributed by atoms with E-state index in [0.29, 0.717) is 24.5 Å². The molecule has 1 heterocycles. The Morgan fingerprint density at radius 1 is 1.11 bits per heavy atom. The van der Waals surface area contributed by atoms with Gasteiger partial charge in [-0.3, -0.25) is 5.01 Å². The van der Waals surface area contributed by atoms with E-state index in [1.165, 1.54) is 17.1 Å². The standard InChI is InChI=1S/C12H18N4O2S/c13-10-5-7-11(8-6-10)19(17,18)15-12-4-2-1-3-9-16(12)14/h5-8H,1-4,9,13-14H2. The first-order chi connectivity index (χ1) is 8.99. The minimum atomic E-state index is -3.72. The molecule has 1 aliphatic heterocycles. The van der Waals surface area contributed by atoms with E-state index in [-0.39, 0.29) is 4.90 Å². The Bertz CT molecular complexity index is 566. The van der Waals surface area contributed by atoms with Crippen LogP contribution in [0.5, 0.6) is 0 Å². The average molecular weight is 282 g/mol. The molecule has 1 aliphatic rings. The number of nitrogen functional groups attached to an aromatic ring is 1. The number of hydrogen-bond donors (Lipinski definition) is 2. The number of anilines is 1. The van der Waals surface area contributed by atoms with E-state index >= 15 is 0 Å². The number of hydrogen-bond acceptors (Lipinski definition) is 4. The highest BCUT2D eigenvalue weighted by molar-refractivity contribution is 7.90. The lowest BCUT2D eigenvalue weighted by Crippen LogP contribution is -2.37. The van der Waals surface area contributed by atoms with Gasteiger partial charge < -0.3 is 5.73 Å². The second kappa shape index (κ2) is 5.58. The molecule has 0 spiro atoms. The van der Waals surface area contributed by atoms with E-state index in [9.17, 15) is 8.42 Å². The van der Waals surface area contributed by atoms with Crippen LogP contribution in [0.3, 0.4) is 0 Å². The summed E-state index contributed by atoms with van der Waals surface area (Å²) in [6.07, 6.45) is 3.49. The Labute approximate surface area is 113 Å². The lowest BCUT2D eigenvalue weighted by molar-refractivity contribution is 0.434. The van der Waals surface area contributed by atoms with Crippen molar-refractivity contribution in [3.8, 4) is 0 Å². The van der Waals surface area contributed by atoms with Crippen molar-refractivity contribution in [1.82, 2.24) is 5.01 Å². The van der Waals surface area contributed by atoms with Gasteiger partial charge in [-0.1, -0.05) is 6.42 Å². The van der Waals surface area contributed by atoms with Crippen LogP contribution >= 0.6 is 0 Å². The maximum atomic E-state index is 12.2. The highest BCUT2D eigenvalue weighted by Gasteiger charge is 2.18. The van der Waals surface area contributed by atoms with E-state index in [1.54, 1.807) is 12.1 Å². The summed E-state index contributed by atoms with van der Waals surface area (Å²) in [5.41, 5.74) is 6.05. The molecule has 104 valence electrons. The van der Waals surface area contributed by atoms with Gasteiger partial charge in [0.2, 0.25) is 0 Å². The summed E-state index contributed by atoms with van der Waals surface area (Å²) in [6, 6.07) is 5.99. The van der Waals surface area contributed by atoms with Crippen molar-refractivity contribution in [3.05, 3.63) is 24.3 Å². The number of amidine groups is 1. The fraction of sp³-hybridized carbons (Fsp3) is 0.417. The molecule has 7 heteroatoms. The monoisotopic (exact) mass is 282 g/mol. The van der Waals surface area contributed by atoms with Gasteiger partial charge in [0.25, 0.3) is 10.0 Å². The molecule has 1 saturated heterocycles. The third-order valence-electron chi connectivity index (χ3n) is 3.03. The van der Waals surface area contributed by atoms with Crippen LogP contribution in [0.15, 0.2) is 33.6 Å². The average Bonchev–Trinajstić information content (AvgIpc) is 2.55. The van der Waals surface area contributed by atoms with Crippen LogP contribution < -0.4 is 11.6 Å². The molecular weight excluding hydrogens is 264 g/mol. The van der Waals surface area contributed by atoms with Crippen molar-refractivity contribution in [2.24, 2.45) is 10.2 Å². The molecule has 1 aromatic carbocycles. The van der Waals surface area contributed by atoms with Crippen molar-refractivity contribution in [2.75, 3.05) is 12.3 Å².